The van der Waals surface area contributed by atoms with Crippen LogP contribution in [0.5, 0.6) is 0 Å². The molecule has 104 valence electrons. The van der Waals surface area contributed by atoms with Crippen molar-refractivity contribution in [1.82, 2.24) is 5.32 Å². The summed E-state index contributed by atoms with van der Waals surface area (Å²) in [6.07, 6.45) is 0.316. The molecule has 1 aliphatic carbocycles. The molecule has 0 heterocycles. The van der Waals surface area contributed by atoms with Gasteiger partial charge in [0.15, 0.2) is 0 Å². The van der Waals surface area contributed by atoms with Gasteiger partial charge >= 0.3 is 0 Å². The summed E-state index contributed by atoms with van der Waals surface area (Å²) in [5.41, 5.74) is 1.62. The van der Waals surface area contributed by atoms with Gasteiger partial charge in [0.05, 0.1) is 24.2 Å². The fraction of sp³-hybridized carbons (Fsp3) is 0.533. The number of rotatable bonds is 4. The first kappa shape index (κ1) is 14.0. The maximum absolute atomic E-state index is 12.0. The first-order valence-corrected chi connectivity index (χ1v) is 6.53. The molecule has 4 heteroatoms. The summed E-state index contributed by atoms with van der Waals surface area (Å²) in [5.74, 6) is -0.104. The highest BCUT2D eigenvalue weighted by atomic mass is 16.5. The number of aliphatic hydroxyl groups excluding tert-OH is 1. The number of aliphatic hydroxyl groups is 1. The highest BCUT2D eigenvalue weighted by molar-refractivity contribution is 5.77. The second-order valence-corrected chi connectivity index (χ2v) is 5.66. The fourth-order valence-corrected chi connectivity index (χ4v) is 2.43. The summed E-state index contributed by atoms with van der Waals surface area (Å²) in [6, 6.07) is 7.51. The van der Waals surface area contributed by atoms with Crippen LogP contribution in [0.3, 0.4) is 0 Å². The van der Waals surface area contributed by atoms with Gasteiger partial charge < -0.3 is 15.2 Å². The maximum atomic E-state index is 12.0. The van der Waals surface area contributed by atoms with Crippen LogP contribution in [-0.2, 0) is 16.0 Å². The Labute approximate surface area is 113 Å². The number of fused-ring (bicyclic) bond motifs is 1. The number of carbonyl (C=O) groups is 1. The van der Waals surface area contributed by atoms with Gasteiger partial charge in [-0.05, 0) is 25.0 Å². The van der Waals surface area contributed by atoms with E-state index in [0.29, 0.717) is 6.42 Å². The lowest BCUT2D eigenvalue weighted by molar-refractivity contribution is -0.127. The molecule has 0 spiro atoms. The summed E-state index contributed by atoms with van der Waals surface area (Å²) in [7, 11) is 1.59. The average molecular weight is 263 g/mol. The van der Waals surface area contributed by atoms with E-state index in [1.807, 2.05) is 38.1 Å². The van der Waals surface area contributed by atoms with E-state index in [4.69, 9.17) is 4.74 Å². The zero-order valence-electron chi connectivity index (χ0n) is 11.6. The summed E-state index contributed by atoms with van der Waals surface area (Å²) in [4.78, 5) is 12.0. The minimum atomic E-state index is -0.549. The molecule has 2 N–H and O–H groups in total. The van der Waals surface area contributed by atoms with Crippen LogP contribution in [0.2, 0.25) is 0 Å². The zero-order valence-corrected chi connectivity index (χ0v) is 11.6. The third-order valence-corrected chi connectivity index (χ3v) is 3.66. The van der Waals surface area contributed by atoms with Crippen LogP contribution in [-0.4, -0.2) is 29.8 Å². The van der Waals surface area contributed by atoms with Crippen molar-refractivity contribution in [2.45, 2.75) is 44.4 Å². The summed E-state index contributed by atoms with van der Waals surface area (Å²) in [6.45, 7) is 3.73. The second-order valence-electron chi connectivity index (χ2n) is 5.66. The van der Waals surface area contributed by atoms with Gasteiger partial charge in [-0.3, -0.25) is 4.79 Å². The van der Waals surface area contributed by atoms with Crippen molar-refractivity contribution in [3.8, 4) is 0 Å². The summed E-state index contributed by atoms with van der Waals surface area (Å²) < 4.78 is 5.25. The van der Waals surface area contributed by atoms with Gasteiger partial charge in [0, 0.05) is 13.5 Å². The third-order valence-electron chi connectivity index (χ3n) is 3.66. The lowest BCUT2D eigenvalue weighted by Gasteiger charge is -2.24. The normalized spacial score (nSPS) is 22.1. The molecule has 0 aliphatic heterocycles. The Morgan fingerprint density at radius 3 is 2.84 bits per heavy atom. The van der Waals surface area contributed by atoms with Crippen molar-refractivity contribution in [3.05, 3.63) is 35.4 Å². The Morgan fingerprint density at radius 1 is 1.47 bits per heavy atom. The van der Waals surface area contributed by atoms with E-state index in [1.54, 1.807) is 7.11 Å². The zero-order chi connectivity index (χ0) is 14.0. The fourth-order valence-electron chi connectivity index (χ4n) is 2.43. The highest BCUT2D eigenvalue weighted by Crippen LogP contribution is 2.31. The first-order chi connectivity index (χ1) is 8.93. The molecule has 19 heavy (non-hydrogen) atoms. The number of hydrogen-bond acceptors (Lipinski definition) is 3. The Bertz CT molecular complexity index is 470. The molecule has 0 saturated heterocycles. The Hall–Kier alpha value is -1.39. The van der Waals surface area contributed by atoms with Gasteiger partial charge in [-0.15, -0.1) is 0 Å². The van der Waals surface area contributed by atoms with E-state index in [9.17, 15) is 9.90 Å². The molecule has 0 saturated carbocycles. The quantitative estimate of drug-likeness (QED) is 0.867. The molecule has 1 amide bonds. The monoisotopic (exact) mass is 263 g/mol. The minimum Gasteiger partial charge on any atom is -0.390 e. The molecule has 0 bridgehead atoms. The van der Waals surface area contributed by atoms with Gasteiger partial charge in [0.25, 0.3) is 0 Å². The molecule has 0 fully saturated rings. The Morgan fingerprint density at radius 2 is 2.16 bits per heavy atom. The van der Waals surface area contributed by atoms with Crippen LogP contribution in [0, 0.1) is 0 Å². The van der Waals surface area contributed by atoms with Crippen molar-refractivity contribution >= 4 is 5.91 Å². The van der Waals surface area contributed by atoms with Crippen molar-refractivity contribution in [3.63, 3.8) is 0 Å². The van der Waals surface area contributed by atoms with Crippen LogP contribution in [0.4, 0.5) is 0 Å². The minimum absolute atomic E-state index is 0.104. The van der Waals surface area contributed by atoms with Crippen LogP contribution in [0.1, 0.15) is 37.4 Å². The van der Waals surface area contributed by atoms with E-state index in [1.165, 1.54) is 0 Å². The van der Waals surface area contributed by atoms with E-state index in [2.05, 4.69) is 5.32 Å². The molecule has 0 aromatic heterocycles. The molecule has 1 aliphatic rings. The van der Waals surface area contributed by atoms with Crippen LogP contribution >= 0.6 is 0 Å². The number of hydrogen-bond donors (Lipinski definition) is 2. The molecule has 2 atom stereocenters. The van der Waals surface area contributed by atoms with E-state index in [0.717, 1.165) is 11.1 Å². The van der Waals surface area contributed by atoms with Gasteiger partial charge in [0.2, 0.25) is 5.91 Å². The number of amides is 1. The molecular weight excluding hydrogens is 242 g/mol. The molecular formula is C15H21NO3. The standard InChI is InChI=1S/C15H21NO3/c1-15(2,19-3)9-13(18)16-14-11-7-5-4-6-10(11)8-12(14)17/h4-7,12,14,17H,8-9H2,1-3H3,(H,16,18)/t12-,14+/m1/s1. The van der Waals surface area contributed by atoms with E-state index in [-0.39, 0.29) is 18.4 Å². The number of benzene rings is 1. The third kappa shape index (κ3) is 3.14. The van der Waals surface area contributed by atoms with Crippen molar-refractivity contribution in [1.29, 1.82) is 0 Å². The molecule has 0 radical (unpaired) electrons. The molecule has 0 unspecified atom stereocenters. The largest absolute Gasteiger partial charge is 0.390 e. The van der Waals surface area contributed by atoms with Gasteiger partial charge in [-0.1, -0.05) is 24.3 Å². The van der Waals surface area contributed by atoms with Crippen molar-refractivity contribution in [2.24, 2.45) is 0 Å². The van der Waals surface area contributed by atoms with Gasteiger partial charge in [-0.2, -0.15) is 0 Å². The smallest absolute Gasteiger partial charge is 0.223 e. The Kier molecular flexibility index (Phi) is 3.92. The van der Waals surface area contributed by atoms with E-state index < -0.39 is 11.7 Å². The van der Waals surface area contributed by atoms with E-state index >= 15 is 0 Å². The predicted octanol–water partition coefficient (Wildman–Crippen LogP) is 1.58. The molecule has 4 nitrogen and oxygen atoms in total. The van der Waals surface area contributed by atoms with Crippen molar-refractivity contribution in [2.75, 3.05) is 7.11 Å². The Balaban J connectivity index is 2.06. The topological polar surface area (TPSA) is 58.6 Å². The maximum Gasteiger partial charge on any atom is 0.223 e. The second kappa shape index (κ2) is 5.31. The number of carbonyl (C=O) groups excluding carboxylic acids is 1. The highest BCUT2D eigenvalue weighted by Gasteiger charge is 2.33. The summed E-state index contributed by atoms with van der Waals surface area (Å²) >= 11 is 0. The van der Waals surface area contributed by atoms with Crippen LogP contribution in [0.15, 0.2) is 24.3 Å². The van der Waals surface area contributed by atoms with Gasteiger partial charge in [0.1, 0.15) is 0 Å². The number of ether oxygens (including phenoxy) is 1. The van der Waals surface area contributed by atoms with Gasteiger partial charge in [-0.25, -0.2) is 0 Å². The summed E-state index contributed by atoms with van der Waals surface area (Å²) in [5, 5.41) is 13.0. The molecule has 2 rings (SSSR count). The van der Waals surface area contributed by atoms with Crippen molar-refractivity contribution < 1.29 is 14.6 Å². The average Bonchev–Trinajstić information content (AvgIpc) is 2.66. The number of methoxy groups -OCH3 is 1. The number of nitrogens with one attached hydrogen (secondary N) is 1. The van der Waals surface area contributed by atoms with Crippen LogP contribution < -0.4 is 5.32 Å². The first-order valence-electron chi connectivity index (χ1n) is 6.53. The lowest BCUT2D eigenvalue weighted by Crippen LogP contribution is -2.38. The van der Waals surface area contributed by atoms with Crippen LogP contribution in [0.25, 0.3) is 0 Å². The SMILES string of the molecule is COC(C)(C)CC(=O)N[C@H]1c2ccccc2C[C@H]1O. The molecule has 1 aromatic carbocycles. The lowest BCUT2D eigenvalue weighted by atomic mass is 10.0. The predicted molar refractivity (Wildman–Crippen MR) is 72.7 cm³/mol. The molecule has 1 aromatic rings.